The van der Waals surface area contributed by atoms with Crippen molar-refractivity contribution in [2.75, 3.05) is 4.90 Å². The van der Waals surface area contributed by atoms with Crippen LogP contribution < -0.4 is 4.90 Å². The van der Waals surface area contributed by atoms with Gasteiger partial charge in [-0.05, 0) is 55.2 Å². The van der Waals surface area contributed by atoms with Gasteiger partial charge < -0.3 is 0 Å². The van der Waals surface area contributed by atoms with Crippen molar-refractivity contribution < 1.29 is 4.79 Å². The average molecular weight is 366 g/mol. The third kappa shape index (κ3) is 3.75. The first kappa shape index (κ1) is 17.6. The van der Waals surface area contributed by atoms with Gasteiger partial charge in [0, 0.05) is 0 Å². The molecule has 0 unspecified atom stereocenters. The Kier molecular flexibility index (Phi) is 5.21. The number of thiocarbonyl (C=S) groups is 1. The quantitative estimate of drug-likeness (QED) is 0.517. The molecular formula is C21H19NOS2. The molecule has 1 aliphatic heterocycles. The second-order valence-corrected chi connectivity index (χ2v) is 7.71. The molecule has 2 aromatic rings. The number of benzene rings is 2. The first-order valence-corrected chi connectivity index (χ1v) is 9.27. The SMILES string of the molecule is CC(/C=C1\SC(=S)N(c2cccc(C)c2C)C1=O)=C\c1ccccc1. The molecule has 1 aliphatic rings. The van der Waals surface area contributed by atoms with Gasteiger partial charge in [0.05, 0.1) is 10.6 Å². The van der Waals surface area contributed by atoms with Gasteiger partial charge in [-0.2, -0.15) is 0 Å². The molecule has 2 aromatic carbocycles. The molecule has 0 radical (unpaired) electrons. The van der Waals surface area contributed by atoms with E-state index in [0.717, 1.165) is 28.0 Å². The highest BCUT2D eigenvalue weighted by molar-refractivity contribution is 8.27. The molecule has 1 saturated heterocycles. The van der Waals surface area contributed by atoms with E-state index in [-0.39, 0.29) is 5.91 Å². The Balaban J connectivity index is 1.91. The molecule has 0 spiro atoms. The van der Waals surface area contributed by atoms with Crippen LogP contribution in [0.15, 0.2) is 65.1 Å². The average Bonchev–Trinajstić information content (AvgIpc) is 2.85. The van der Waals surface area contributed by atoms with Gasteiger partial charge in [-0.3, -0.25) is 9.69 Å². The number of amides is 1. The summed E-state index contributed by atoms with van der Waals surface area (Å²) in [5, 5.41) is 0. The fourth-order valence-corrected chi connectivity index (χ4v) is 4.05. The number of rotatable bonds is 3. The maximum absolute atomic E-state index is 12.9. The van der Waals surface area contributed by atoms with Crippen LogP contribution in [0.2, 0.25) is 0 Å². The van der Waals surface area contributed by atoms with Crippen LogP contribution in [0.3, 0.4) is 0 Å². The number of carbonyl (C=O) groups is 1. The van der Waals surface area contributed by atoms with Crippen LogP contribution >= 0.6 is 24.0 Å². The maximum Gasteiger partial charge on any atom is 0.270 e. The monoisotopic (exact) mass is 365 g/mol. The first-order chi connectivity index (χ1) is 12.0. The van der Waals surface area contributed by atoms with Crippen molar-refractivity contribution in [2.45, 2.75) is 20.8 Å². The van der Waals surface area contributed by atoms with Crippen LogP contribution in [0, 0.1) is 13.8 Å². The molecule has 3 rings (SSSR count). The number of nitrogens with zero attached hydrogens (tertiary/aromatic N) is 1. The number of hydrogen-bond acceptors (Lipinski definition) is 3. The van der Waals surface area contributed by atoms with Gasteiger partial charge >= 0.3 is 0 Å². The molecule has 0 atom stereocenters. The summed E-state index contributed by atoms with van der Waals surface area (Å²) in [7, 11) is 0. The summed E-state index contributed by atoms with van der Waals surface area (Å²) in [4.78, 5) is 15.2. The predicted molar refractivity (Wildman–Crippen MR) is 112 cm³/mol. The zero-order valence-corrected chi connectivity index (χ0v) is 16.1. The molecule has 0 aromatic heterocycles. The molecule has 4 heteroatoms. The molecule has 1 heterocycles. The lowest BCUT2D eigenvalue weighted by molar-refractivity contribution is -0.113. The Morgan fingerprint density at radius 2 is 1.80 bits per heavy atom. The minimum atomic E-state index is -0.0514. The molecule has 25 heavy (non-hydrogen) atoms. The smallest absolute Gasteiger partial charge is 0.268 e. The largest absolute Gasteiger partial charge is 0.270 e. The Labute approximate surface area is 158 Å². The van der Waals surface area contributed by atoms with Crippen molar-refractivity contribution in [3.05, 3.63) is 81.8 Å². The van der Waals surface area contributed by atoms with Crippen molar-refractivity contribution in [3.8, 4) is 0 Å². The molecule has 2 nitrogen and oxygen atoms in total. The van der Waals surface area contributed by atoms with E-state index >= 15 is 0 Å². The van der Waals surface area contributed by atoms with E-state index in [2.05, 4.69) is 6.08 Å². The summed E-state index contributed by atoms with van der Waals surface area (Å²) in [6.45, 7) is 6.06. The van der Waals surface area contributed by atoms with Crippen LogP contribution in [0.5, 0.6) is 0 Å². The van der Waals surface area contributed by atoms with Crippen molar-refractivity contribution in [1.29, 1.82) is 0 Å². The van der Waals surface area contributed by atoms with Gasteiger partial charge in [0.25, 0.3) is 5.91 Å². The Morgan fingerprint density at radius 1 is 1.08 bits per heavy atom. The minimum Gasteiger partial charge on any atom is -0.268 e. The van der Waals surface area contributed by atoms with Crippen molar-refractivity contribution in [3.63, 3.8) is 0 Å². The van der Waals surface area contributed by atoms with Crippen LogP contribution in [0.1, 0.15) is 23.6 Å². The van der Waals surface area contributed by atoms with Gasteiger partial charge in [-0.1, -0.05) is 72.5 Å². The third-order valence-electron chi connectivity index (χ3n) is 4.16. The summed E-state index contributed by atoms with van der Waals surface area (Å²) in [6, 6.07) is 16.0. The van der Waals surface area contributed by atoms with Crippen molar-refractivity contribution in [1.82, 2.24) is 0 Å². The van der Waals surface area contributed by atoms with Crippen LogP contribution in [-0.4, -0.2) is 10.2 Å². The highest BCUT2D eigenvalue weighted by atomic mass is 32.2. The number of allylic oxidation sites excluding steroid dienone is 2. The van der Waals surface area contributed by atoms with Crippen molar-refractivity contribution >= 4 is 46.0 Å². The Bertz CT molecular complexity index is 897. The fraction of sp³-hybridized carbons (Fsp3) is 0.143. The van der Waals surface area contributed by atoms with E-state index in [0.29, 0.717) is 9.23 Å². The highest BCUT2D eigenvalue weighted by Gasteiger charge is 2.34. The second-order valence-electron chi connectivity index (χ2n) is 6.04. The lowest BCUT2D eigenvalue weighted by Crippen LogP contribution is -2.28. The molecule has 0 aliphatic carbocycles. The fourth-order valence-electron chi connectivity index (χ4n) is 2.71. The topological polar surface area (TPSA) is 20.3 Å². The predicted octanol–water partition coefficient (Wildman–Crippen LogP) is 5.66. The Morgan fingerprint density at radius 3 is 2.52 bits per heavy atom. The maximum atomic E-state index is 12.9. The van der Waals surface area contributed by atoms with E-state index in [9.17, 15) is 4.79 Å². The van der Waals surface area contributed by atoms with Crippen molar-refractivity contribution in [2.24, 2.45) is 0 Å². The van der Waals surface area contributed by atoms with Gasteiger partial charge in [0.15, 0.2) is 4.32 Å². The minimum absolute atomic E-state index is 0.0514. The molecule has 126 valence electrons. The summed E-state index contributed by atoms with van der Waals surface area (Å²) < 4.78 is 0.581. The van der Waals surface area contributed by atoms with Crippen LogP contribution in [0.4, 0.5) is 5.69 Å². The van der Waals surface area contributed by atoms with E-state index in [1.807, 2.05) is 75.4 Å². The molecule has 0 bridgehead atoms. The van der Waals surface area contributed by atoms with Gasteiger partial charge in [-0.25, -0.2) is 0 Å². The van der Waals surface area contributed by atoms with E-state index < -0.39 is 0 Å². The van der Waals surface area contributed by atoms with Crippen LogP contribution in [0.25, 0.3) is 6.08 Å². The normalized spacial score (nSPS) is 16.8. The zero-order valence-electron chi connectivity index (χ0n) is 14.4. The number of aryl methyl sites for hydroxylation is 1. The van der Waals surface area contributed by atoms with E-state index in [4.69, 9.17) is 12.2 Å². The highest BCUT2D eigenvalue weighted by Crippen LogP contribution is 2.37. The van der Waals surface area contributed by atoms with Crippen LogP contribution in [-0.2, 0) is 4.79 Å². The second kappa shape index (κ2) is 7.38. The molecular weight excluding hydrogens is 346 g/mol. The number of thioether (sulfide) groups is 1. The van der Waals surface area contributed by atoms with Gasteiger partial charge in [0.1, 0.15) is 0 Å². The first-order valence-electron chi connectivity index (χ1n) is 8.05. The molecule has 1 fully saturated rings. The van der Waals surface area contributed by atoms with Gasteiger partial charge in [-0.15, -0.1) is 0 Å². The third-order valence-corrected chi connectivity index (χ3v) is 5.47. The summed E-state index contributed by atoms with van der Waals surface area (Å²) >= 11 is 6.83. The number of carbonyl (C=O) groups excluding carboxylic acids is 1. The Hall–Kier alpha value is -2.17. The lowest BCUT2D eigenvalue weighted by Gasteiger charge is -2.18. The number of anilines is 1. The summed E-state index contributed by atoms with van der Waals surface area (Å²) in [6.07, 6.45) is 3.97. The molecule has 0 saturated carbocycles. The summed E-state index contributed by atoms with van der Waals surface area (Å²) in [5.74, 6) is -0.0514. The standard InChI is InChI=1S/C21H19NOS2/c1-14(12-17-9-5-4-6-10-17)13-19-20(23)22(21(24)25-19)18-11-7-8-15(2)16(18)3/h4-13H,1-3H3/b14-12+,19-13-. The van der Waals surface area contributed by atoms with E-state index in [1.165, 1.54) is 11.8 Å². The number of hydrogen-bond donors (Lipinski definition) is 0. The van der Waals surface area contributed by atoms with Gasteiger partial charge in [0.2, 0.25) is 0 Å². The van der Waals surface area contributed by atoms with E-state index in [1.54, 1.807) is 4.90 Å². The summed E-state index contributed by atoms with van der Waals surface area (Å²) in [5.41, 5.74) is 5.23. The zero-order chi connectivity index (χ0) is 18.0. The lowest BCUT2D eigenvalue weighted by atomic mass is 10.1. The molecule has 1 amide bonds. The molecule has 0 N–H and O–H groups in total.